The minimum absolute atomic E-state index is 0.645. The Bertz CT molecular complexity index is 111. The minimum atomic E-state index is 0.645. The lowest BCUT2D eigenvalue weighted by Gasteiger charge is -2.33. The monoisotopic (exact) mass is 200 g/mol. The van der Waals surface area contributed by atoms with E-state index in [4.69, 9.17) is 0 Å². The van der Waals surface area contributed by atoms with Crippen LogP contribution in [0.2, 0.25) is 0 Å². The largest absolute Gasteiger partial charge is 0.313 e. The van der Waals surface area contributed by atoms with Crippen molar-refractivity contribution < 1.29 is 0 Å². The molecular formula is C12H28N2. The summed E-state index contributed by atoms with van der Waals surface area (Å²) in [6.07, 6.45) is 2.47. The average molecular weight is 200 g/mol. The third kappa shape index (κ3) is 4.43. The van der Waals surface area contributed by atoms with Crippen molar-refractivity contribution in [2.45, 2.75) is 59.5 Å². The predicted octanol–water partition coefficient (Wildman–Crippen LogP) is 2.49. The fourth-order valence-corrected chi connectivity index (χ4v) is 2.11. The first-order valence-corrected chi connectivity index (χ1v) is 6.18. The summed E-state index contributed by atoms with van der Waals surface area (Å²) >= 11 is 0. The number of rotatable bonds is 8. The molecule has 1 N–H and O–H groups in total. The van der Waals surface area contributed by atoms with Crippen LogP contribution in [0.25, 0.3) is 0 Å². The van der Waals surface area contributed by atoms with Crippen molar-refractivity contribution in [3.63, 3.8) is 0 Å². The molecule has 14 heavy (non-hydrogen) atoms. The molecule has 0 saturated heterocycles. The quantitative estimate of drug-likeness (QED) is 0.647. The highest BCUT2D eigenvalue weighted by Crippen LogP contribution is 2.08. The molecule has 0 aromatic carbocycles. The SMILES string of the molecule is CCCN(CC)C(C)C(CC)NCC. The van der Waals surface area contributed by atoms with Crippen LogP contribution in [0, 0.1) is 0 Å². The first kappa shape index (κ1) is 13.9. The summed E-state index contributed by atoms with van der Waals surface area (Å²) in [5.41, 5.74) is 0. The van der Waals surface area contributed by atoms with Crippen LogP contribution in [-0.2, 0) is 0 Å². The Kier molecular flexibility index (Phi) is 8.20. The highest BCUT2D eigenvalue weighted by Gasteiger charge is 2.19. The summed E-state index contributed by atoms with van der Waals surface area (Å²) in [5, 5.41) is 3.56. The summed E-state index contributed by atoms with van der Waals surface area (Å²) in [6.45, 7) is 14.8. The van der Waals surface area contributed by atoms with Gasteiger partial charge in [-0.3, -0.25) is 4.90 Å². The minimum Gasteiger partial charge on any atom is -0.313 e. The molecule has 0 aromatic rings. The van der Waals surface area contributed by atoms with Gasteiger partial charge in [0.25, 0.3) is 0 Å². The smallest absolute Gasteiger partial charge is 0.0220 e. The molecule has 2 atom stereocenters. The zero-order chi connectivity index (χ0) is 11.0. The highest BCUT2D eigenvalue weighted by atomic mass is 15.2. The molecule has 2 nitrogen and oxygen atoms in total. The van der Waals surface area contributed by atoms with Crippen LogP contribution in [0.4, 0.5) is 0 Å². The lowest BCUT2D eigenvalue weighted by molar-refractivity contribution is 0.175. The van der Waals surface area contributed by atoms with Gasteiger partial charge in [-0.25, -0.2) is 0 Å². The van der Waals surface area contributed by atoms with Gasteiger partial charge in [0.1, 0.15) is 0 Å². The first-order valence-electron chi connectivity index (χ1n) is 6.18. The van der Waals surface area contributed by atoms with Crippen molar-refractivity contribution >= 4 is 0 Å². The molecule has 0 amide bonds. The molecule has 0 radical (unpaired) electrons. The van der Waals surface area contributed by atoms with E-state index >= 15 is 0 Å². The van der Waals surface area contributed by atoms with Crippen molar-refractivity contribution in [3.05, 3.63) is 0 Å². The highest BCUT2D eigenvalue weighted by molar-refractivity contribution is 4.79. The summed E-state index contributed by atoms with van der Waals surface area (Å²) < 4.78 is 0. The molecule has 2 unspecified atom stereocenters. The van der Waals surface area contributed by atoms with E-state index in [-0.39, 0.29) is 0 Å². The Labute approximate surface area is 90.1 Å². The molecule has 0 aliphatic rings. The van der Waals surface area contributed by atoms with E-state index < -0.39 is 0 Å². The molecule has 86 valence electrons. The van der Waals surface area contributed by atoms with Gasteiger partial charge in [-0.1, -0.05) is 27.7 Å². The van der Waals surface area contributed by atoms with Crippen LogP contribution < -0.4 is 5.32 Å². The van der Waals surface area contributed by atoms with Gasteiger partial charge < -0.3 is 5.32 Å². The van der Waals surface area contributed by atoms with Crippen LogP contribution in [0.3, 0.4) is 0 Å². The van der Waals surface area contributed by atoms with E-state index in [9.17, 15) is 0 Å². The lowest BCUT2D eigenvalue weighted by atomic mass is 10.1. The summed E-state index contributed by atoms with van der Waals surface area (Å²) in [7, 11) is 0. The zero-order valence-corrected chi connectivity index (χ0v) is 10.6. The first-order chi connectivity index (χ1) is 6.71. The molecule has 0 saturated carbocycles. The molecule has 0 aliphatic carbocycles. The van der Waals surface area contributed by atoms with E-state index in [2.05, 4.69) is 44.8 Å². The van der Waals surface area contributed by atoms with Gasteiger partial charge in [0.2, 0.25) is 0 Å². The molecule has 2 heteroatoms. The van der Waals surface area contributed by atoms with Gasteiger partial charge in [0.05, 0.1) is 0 Å². The van der Waals surface area contributed by atoms with E-state index in [1.807, 2.05) is 0 Å². The molecular weight excluding hydrogens is 172 g/mol. The molecule has 0 spiro atoms. The van der Waals surface area contributed by atoms with Gasteiger partial charge in [0, 0.05) is 12.1 Å². The van der Waals surface area contributed by atoms with Crippen molar-refractivity contribution in [2.24, 2.45) is 0 Å². The van der Waals surface area contributed by atoms with Gasteiger partial charge in [-0.05, 0) is 39.4 Å². The summed E-state index contributed by atoms with van der Waals surface area (Å²) in [6, 6.07) is 1.30. The van der Waals surface area contributed by atoms with Crippen LogP contribution in [-0.4, -0.2) is 36.6 Å². The fourth-order valence-electron chi connectivity index (χ4n) is 2.11. The Morgan fingerprint density at radius 2 is 1.79 bits per heavy atom. The maximum absolute atomic E-state index is 3.56. The second kappa shape index (κ2) is 8.25. The third-order valence-electron chi connectivity index (χ3n) is 2.98. The Hall–Kier alpha value is -0.0800. The lowest BCUT2D eigenvalue weighted by Crippen LogP contribution is -2.48. The number of nitrogens with zero attached hydrogens (tertiary/aromatic N) is 1. The standard InChI is InChI=1S/C12H28N2/c1-6-10-14(9-4)11(5)12(7-2)13-8-3/h11-13H,6-10H2,1-5H3. The molecule has 0 rings (SSSR count). The van der Waals surface area contributed by atoms with Gasteiger partial charge in [-0.2, -0.15) is 0 Å². The molecule has 0 bridgehead atoms. The Balaban J connectivity index is 4.13. The average Bonchev–Trinajstić information content (AvgIpc) is 2.21. The molecule has 0 aliphatic heterocycles. The molecule has 0 heterocycles. The topological polar surface area (TPSA) is 15.3 Å². The second-order valence-corrected chi connectivity index (χ2v) is 3.94. The van der Waals surface area contributed by atoms with Crippen molar-refractivity contribution in [1.29, 1.82) is 0 Å². The van der Waals surface area contributed by atoms with E-state index in [1.54, 1.807) is 0 Å². The zero-order valence-electron chi connectivity index (χ0n) is 10.6. The Morgan fingerprint density at radius 3 is 2.14 bits per heavy atom. The molecule has 0 aromatic heterocycles. The maximum atomic E-state index is 3.56. The third-order valence-corrected chi connectivity index (χ3v) is 2.98. The van der Waals surface area contributed by atoms with E-state index in [1.165, 1.54) is 19.4 Å². The van der Waals surface area contributed by atoms with Crippen molar-refractivity contribution in [2.75, 3.05) is 19.6 Å². The normalized spacial score (nSPS) is 15.9. The van der Waals surface area contributed by atoms with Gasteiger partial charge >= 0.3 is 0 Å². The number of hydrogen-bond donors (Lipinski definition) is 1. The maximum Gasteiger partial charge on any atom is 0.0220 e. The fraction of sp³-hybridized carbons (Fsp3) is 1.00. The second-order valence-electron chi connectivity index (χ2n) is 3.94. The van der Waals surface area contributed by atoms with Crippen LogP contribution >= 0.6 is 0 Å². The summed E-state index contributed by atoms with van der Waals surface area (Å²) in [5.74, 6) is 0. The predicted molar refractivity (Wildman–Crippen MR) is 64.8 cm³/mol. The van der Waals surface area contributed by atoms with Crippen molar-refractivity contribution in [3.8, 4) is 0 Å². The Morgan fingerprint density at radius 1 is 1.14 bits per heavy atom. The van der Waals surface area contributed by atoms with E-state index in [0.29, 0.717) is 12.1 Å². The summed E-state index contributed by atoms with van der Waals surface area (Å²) in [4.78, 5) is 2.57. The van der Waals surface area contributed by atoms with E-state index in [0.717, 1.165) is 13.1 Å². The van der Waals surface area contributed by atoms with Crippen LogP contribution in [0.5, 0.6) is 0 Å². The molecule has 0 fully saturated rings. The number of likely N-dealkylation sites (N-methyl/N-ethyl adjacent to an activating group) is 2. The van der Waals surface area contributed by atoms with Gasteiger partial charge in [-0.15, -0.1) is 0 Å². The van der Waals surface area contributed by atoms with Gasteiger partial charge in [0.15, 0.2) is 0 Å². The van der Waals surface area contributed by atoms with Crippen molar-refractivity contribution in [1.82, 2.24) is 10.2 Å². The van der Waals surface area contributed by atoms with Crippen LogP contribution in [0.15, 0.2) is 0 Å². The number of nitrogens with one attached hydrogen (secondary N) is 1. The van der Waals surface area contributed by atoms with Crippen LogP contribution in [0.1, 0.15) is 47.5 Å². The number of hydrogen-bond acceptors (Lipinski definition) is 2.